The summed E-state index contributed by atoms with van der Waals surface area (Å²) in [6, 6.07) is 0.780. The van der Waals surface area contributed by atoms with Gasteiger partial charge in [-0.15, -0.1) is 0 Å². The van der Waals surface area contributed by atoms with E-state index in [1.807, 2.05) is 18.7 Å². The lowest BCUT2D eigenvalue weighted by molar-refractivity contribution is -0.142. The zero-order valence-electron chi connectivity index (χ0n) is 17.5. The van der Waals surface area contributed by atoms with Crippen molar-refractivity contribution in [1.29, 1.82) is 0 Å². The molecule has 8 nitrogen and oxygen atoms in total. The average Bonchev–Trinajstić information content (AvgIpc) is 2.63. The summed E-state index contributed by atoms with van der Waals surface area (Å²) in [5.41, 5.74) is -1.61. The van der Waals surface area contributed by atoms with Crippen LogP contribution in [0.3, 0.4) is 0 Å². The summed E-state index contributed by atoms with van der Waals surface area (Å²) < 4.78 is 14.9. The highest BCUT2D eigenvalue weighted by molar-refractivity contribution is 5.85. The molecule has 1 aromatic rings. The van der Waals surface area contributed by atoms with E-state index in [2.05, 4.69) is 10.4 Å². The van der Waals surface area contributed by atoms with E-state index in [4.69, 9.17) is 5.11 Å². The Kier molecular flexibility index (Phi) is 7.51. The smallest absolute Gasteiger partial charge is 0.325 e. The molecule has 0 spiro atoms. The average molecular weight is 410 g/mol. The van der Waals surface area contributed by atoms with E-state index in [1.54, 1.807) is 6.92 Å². The Bertz CT molecular complexity index is 774. The minimum Gasteiger partial charge on any atom is -0.480 e. The molecule has 29 heavy (non-hydrogen) atoms. The van der Waals surface area contributed by atoms with Crippen molar-refractivity contribution in [2.45, 2.75) is 58.3 Å². The van der Waals surface area contributed by atoms with Gasteiger partial charge < -0.3 is 10.4 Å². The van der Waals surface area contributed by atoms with Gasteiger partial charge in [0.2, 0.25) is 5.91 Å². The van der Waals surface area contributed by atoms with Crippen molar-refractivity contribution < 1.29 is 19.1 Å². The van der Waals surface area contributed by atoms with Gasteiger partial charge in [-0.3, -0.25) is 19.3 Å². The van der Waals surface area contributed by atoms with Gasteiger partial charge in [0.1, 0.15) is 17.8 Å². The van der Waals surface area contributed by atoms with Crippen molar-refractivity contribution >= 4 is 11.9 Å². The summed E-state index contributed by atoms with van der Waals surface area (Å²) in [6.07, 6.45) is 2.76. The number of nitrogens with zero attached hydrogens (tertiary/aromatic N) is 3. The third-order valence-corrected chi connectivity index (χ3v) is 5.67. The lowest BCUT2D eigenvalue weighted by Crippen LogP contribution is -2.57. The summed E-state index contributed by atoms with van der Waals surface area (Å²) in [4.78, 5) is 38.7. The van der Waals surface area contributed by atoms with E-state index in [0.717, 1.165) is 11.1 Å². The summed E-state index contributed by atoms with van der Waals surface area (Å²) >= 11 is 0. The molecule has 1 aliphatic heterocycles. The molecule has 0 saturated carbocycles. The number of nitrogens with one attached hydrogen (secondary N) is 1. The topological polar surface area (TPSA) is 105 Å². The maximum atomic E-state index is 13.8. The van der Waals surface area contributed by atoms with Crippen LogP contribution < -0.4 is 10.9 Å². The quantitative estimate of drug-likeness (QED) is 0.605. The van der Waals surface area contributed by atoms with Crippen LogP contribution in [-0.2, 0) is 9.59 Å². The van der Waals surface area contributed by atoms with Crippen molar-refractivity contribution in [1.82, 2.24) is 20.0 Å². The first-order valence-electron chi connectivity index (χ1n) is 10.0. The highest BCUT2D eigenvalue weighted by atomic mass is 19.1. The van der Waals surface area contributed by atoms with Crippen LogP contribution >= 0.6 is 0 Å². The van der Waals surface area contributed by atoms with Gasteiger partial charge >= 0.3 is 5.97 Å². The van der Waals surface area contributed by atoms with Gasteiger partial charge in [-0.2, -0.15) is 5.10 Å². The van der Waals surface area contributed by atoms with Crippen LogP contribution in [0.5, 0.6) is 0 Å². The molecule has 0 radical (unpaired) electrons. The van der Waals surface area contributed by atoms with E-state index >= 15 is 0 Å². The van der Waals surface area contributed by atoms with Crippen molar-refractivity contribution in [3.05, 3.63) is 28.7 Å². The van der Waals surface area contributed by atoms with Crippen LogP contribution in [0.25, 0.3) is 0 Å². The van der Waals surface area contributed by atoms with Crippen LogP contribution in [0.4, 0.5) is 4.39 Å². The predicted molar refractivity (Wildman–Crippen MR) is 106 cm³/mol. The number of carbonyl (C=O) groups is 2. The number of aromatic nitrogens is 2. The van der Waals surface area contributed by atoms with Gasteiger partial charge in [-0.05, 0) is 44.7 Å². The zero-order chi connectivity index (χ0) is 21.8. The predicted octanol–water partition coefficient (Wildman–Crippen LogP) is 1.47. The minimum atomic E-state index is -1.18. The molecule has 9 heteroatoms. The number of rotatable bonds is 10. The van der Waals surface area contributed by atoms with Crippen molar-refractivity contribution in [3.63, 3.8) is 0 Å². The minimum absolute atomic E-state index is 0.0674. The Morgan fingerprint density at radius 3 is 2.55 bits per heavy atom. The zero-order valence-corrected chi connectivity index (χ0v) is 17.5. The van der Waals surface area contributed by atoms with Gasteiger partial charge in [-0.1, -0.05) is 20.3 Å². The second-order valence-electron chi connectivity index (χ2n) is 8.28. The largest absolute Gasteiger partial charge is 0.480 e. The summed E-state index contributed by atoms with van der Waals surface area (Å²) in [5, 5.41) is 15.7. The number of alkyl halides is 1. The van der Waals surface area contributed by atoms with Gasteiger partial charge in [0.15, 0.2) is 0 Å². The monoisotopic (exact) mass is 410 g/mol. The number of hydrogen-bond donors (Lipinski definition) is 2. The second-order valence-corrected chi connectivity index (χ2v) is 8.28. The molecule has 0 aliphatic carbocycles. The molecule has 2 N–H and O–H groups in total. The molecule has 1 saturated heterocycles. The molecule has 1 amide bonds. The molecule has 0 bridgehead atoms. The first-order chi connectivity index (χ1) is 13.6. The van der Waals surface area contributed by atoms with Gasteiger partial charge in [0.05, 0.1) is 0 Å². The third-order valence-electron chi connectivity index (χ3n) is 5.67. The number of carboxylic acid groups (broad SMARTS) is 1. The summed E-state index contributed by atoms with van der Waals surface area (Å²) in [7, 11) is 0. The molecule has 2 heterocycles. The molecule has 1 aromatic heterocycles. The van der Waals surface area contributed by atoms with E-state index in [0.29, 0.717) is 26.1 Å². The lowest BCUT2D eigenvalue weighted by Gasteiger charge is -2.43. The summed E-state index contributed by atoms with van der Waals surface area (Å²) in [6.45, 7) is 8.21. The first kappa shape index (κ1) is 23.0. The van der Waals surface area contributed by atoms with E-state index in [1.165, 1.54) is 25.3 Å². The number of carbonyl (C=O) groups excluding carboxylic acids is 1. The Labute approximate surface area is 170 Å². The Morgan fingerprint density at radius 1 is 1.38 bits per heavy atom. The number of likely N-dealkylation sites (tertiary alicyclic amines) is 1. The fourth-order valence-corrected chi connectivity index (χ4v) is 3.86. The number of hydrogen-bond acceptors (Lipinski definition) is 5. The maximum absolute atomic E-state index is 13.8. The van der Waals surface area contributed by atoms with Crippen LogP contribution in [0.15, 0.2) is 23.1 Å². The fraction of sp³-hybridized carbons (Fsp3) is 0.700. The normalized spacial score (nSPS) is 20.2. The van der Waals surface area contributed by atoms with Crippen LogP contribution in [0, 0.1) is 11.8 Å². The number of aliphatic carboxylic acids is 1. The third kappa shape index (κ3) is 5.85. The Hall–Kier alpha value is -2.29. The highest BCUT2D eigenvalue weighted by Gasteiger charge is 2.40. The van der Waals surface area contributed by atoms with Crippen LogP contribution in [0.2, 0.25) is 0 Å². The molecule has 1 aliphatic rings. The van der Waals surface area contributed by atoms with Crippen molar-refractivity contribution in [2.24, 2.45) is 11.8 Å². The Balaban J connectivity index is 2.30. The first-order valence-corrected chi connectivity index (χ1v) is 10.0. The summed E-state index contributed by atoms with van der Waals surface area (Å²) in [5.74, 6) is -1.91. The van der Waals surface area contributed by atoms with E-state index < -0.39 is 35.2 Å². The van der Waals surface area contributed by atoms with Crippen molar-refractivity contribution in [3.8, 4) is 0 Å². The fourth-order valence-electron chi connectivity index (χ4n) is 3.86. The molecule has 1 fully saturated rings. The molecular formula is C20H31FN4O4. The standard InChI is InChI=1S/C20H31FN4O4/c1-5-13(2)15(8-10-24-11-20(4,21)12-24)17(18(27)23-14(3)19(28)29)25-16(26)7-6-9-22-25/h6-7,9,13-15,17H,5,8,10-12H2,1-4H3,(H,23,27)(H,28,29)/t13?,14-,15?,17?/m0/s1. The second kappa shape index (κ2) is 9.47. The Morgan fingerprint density at radius 2 is 2.03 bits per heavy atom. The number of amides is 1. The van der Waals surface area contributed by atoms with Crippen LogP contribution in [-0.4, -0.2) is 63.0 Å². The molecule has 162 valence electrons. The van der Waals surface area contributed by atoms with Gasteiger partial charge in [-0.25, -0.2) is 9.07 Å². The molecule has 0 aromatic carbocycles. The number of halogens is 1. The van der Waals surface area contributed by atoms with Crippen LogP contribution in [0.1, 0.15) is 46.6 Å². The highest BCUT2D eigenvalue weighted by Crippen LogP contribution is 2.32. The lowest BCUT2D eigenvalue weighted by atomic mass is 9.81. The maximum Gasteiger partial charge on any atom is 0.325 e. The van der Waals surface area contributed by atoms with Gasteiger partial charge in [0.25, 0.3) is 5.56 Å². The van der Waals surface area contributed by atoms with Crippen molar-refractivity contribution in [2.75, 3.05) is 19.6 Å². The number of carboxylic acids is 1. The van der Waals surface area contributed by atoms with E-state index in [9.17, 15) is 18.8 Å². The SMILES string of the molecule is CCC(C)C(CCN1CC(C)(F)C1)C(C(=O)N[C@@H](C)C(=O)O)n1ncccc1=O. The van der Waals surface area contributed by atoms with E-state index in [-0.39, 0.29) is 11.8 Å². The molecule has 2 rings (SSSR count). The molecule has 4 atom stereocenters. The van der Waals surface area contributed by atoms with Gasteiger partial charge in [0, 0.05) is 25.4 Å². The molecule has 3 unspecified atom stereocenters. The molecular weight excluding hydrogens is 379 g/mol.